The minimum absolute atomic E-state index is 0.0646. The number of fused-ring (bicyclic) bond motifs is 1. The number of hydrogen-bond acceptors (Lipinski definition) is 7. The molecule has 0 spiro atoms. The minimum atomic E-state index is -5.21. The number of rotatable bonds is 5. The van der Waals surface area contributed by atoms with Gasteiger partial charge in [-0.15, -0.1) is 10.2 Å². The van der Waals surface area contributed by atoms with Gasteiger partial charge < -0.3 is 5.11 Å². The summed E-state index contributed by atoms with van der Waals surface area (Å²) in [5, 5.41) is 27.4. The molecular formula is C25H24F3N5O4. The number of pyridine rings is 1. The third-order valence-electron chi connectivity index (χ3n) is 6.48. The Morgan fingerprint density at radius 1 is 1.11 bits per heavy atom. The molecule has 0 radical (unpaired) electrons. The number of aromatic hydroxyl groups is 1. The average molecular weight is 515 g/mol. The average Bonchev–Trinajstić information content (AvgIpc) is 3.11. The van der Waals surface area contributed by atoms with Crippen molar-refractivity contribution in [3.8, 4) is 11.9 Å². The largest absolute Gasteiger partial charge is 0.493 e. The van der Waals surface area contributed by atoms with Gasteiger partial charge in [0.1, 0.15) is 17.2 Å². The molecule has 12 heteroatoms. The van der Waals surface area contributed by atoms with Crippen molar-refractivity contribution in [3.05, 3.63) is 50.8 Å². The first-order valence-corrected chi connectivity index (χ1v) is 11.9. The Morgan fingerprint density at radius 3 is 2.38 bits per heavy atom. The van der Waals surface area contributed by atoms with Crippen molar-refractivity contribution in [2.24, 2.45) is 16.1 Å². The quantitative estimate of drug-likeness (QED) is 0.419. The maximum Gasteiger partial charge on any atom is 0.420 e. The second-order valence-corrected chi connectivity index (χ2v) is 9.51. The van der Waals surface area contributed by atoms with E-state index >= 15 is 0 Å². The van der Waals surface area contributed by atoms with Crippen LogP contribution in [0.15, 0.2) is 33.2 Å². The predicted octanol–water partition coefficient (Wildman–Crippen LogP) is 5.44. The SMILES string of the molecule is CC(C)Cn1c(O)c(N=Nc2cccc3c2C(=O)N(C2CCCCC2)C3=O)c(C(F)(F)F)c(C#N)c1=O. The van der Waals surface area contributed by atoms with E-state index in [-0.39, 0.29) is 35.3 Å². The molecule has 0 unspecified atom stereocenters. The van der Waals surface area contributed by atoms with Crippen molar-refractivity contribution in [1.29, 1.82) is 5.26 Å². The zero-order chi connectivity index (χ0) is 27.1. The van der Waals surface area contributed by atoms with E-state index < -0.39 is 46.2 Å². The van der Waals surface area contributed by atoms with E-state index in [4.69, 9.17) is 0 Å². The van der Waals surface area contributed by atoms with Crippen LogP contribution >= 0.6 is 0 Å². The van der Waals surface area contributed by atoms with Gasteiger partial charge in [-0.2, -0.15) is 18.4 Å². The van der Waals surface area contributed by atoms with Crippen molar-refractivity contribution in [2.45, 2.75) is 64.7 Å². The van der Waals surface area contributed by atoms with E-state index in [2.05, 4.69) is 10.2 Å². The molecule has 1 aliphatic carbocycles. The number of azo groups is 1. The highest BCUT2D eigenvalue weighted by Crippen LogP contribution is 2.44. The Labute approximate surface area is 209 Å². The summed E-state index contributed by atoms with van der Waals surface area (Å²) in [5.74, 6) is -2.47. The highest BCUT2D eigenvalue weighted by atomic mass is 19.4. The number of nitriles is 1. The molecule has 194 valence electrons. The van der Waals surface area contributed by atoms with Crippen LogP contribution in [0, 0.1) is 17.2 Å². The summed E-state index contributed by atoms with van der Waals surface area (Å²) in [5.41, 5.74) is -5.57. The van der Waals surface area contributed by atoms with Crippen molar-refractivity contribution in [1.82, 2.24) is 9.47 Å². The first-order chi connectivity index (χ1) is 17.5. The van der Waals surface area contributed by atoms with Gasteiger partial charge in [0.15, 0.2) is 5.69 Å². The Bertz CT molecular complexity index is 1400. The molecule has 0 atom stereocenters. The molecule has 2 heterocycles. The Balaban J connectivity index is 1.85. The molecule has 1 aromatic carbocycles. The van der Waals surface area contributed by atoms with Crippen molar-refractivity contribution >= 4 is 23.2 Å². The second-order valence-electron chi connectivity index (χ2n) is 9.51. The number of hydrogen-bond donors (Lipinski definition) is 1. The Morgan fingerprint density at radius 2 is 1.78 bits per heavy atom. The first kappa shape index (κ1) is 26.1. The van der Waals surface area contributed by atoms with Gasteiger partial charge in [-0.05, 0) is 30.9 Å². The van der Waals surface area contributed by atoms with E-state index in [0.29, 0.717) is 17.4 Å². The topological polar surface area (TPSA) is 128 Å². The molecule has 9 nitrogen and oxygen atoms in total. The van der Waals surface area contributed by atoms with Crippen LogP contribution in [0.1, 0.15) is 77.8 Å². The van der Waals surface area contributed by atoms with Gasteiger partial charge in [0.2, 0.25) is 5.88 Å². The van der Waals surface area contributed by atoms with Gasteiger partial charge in [0.25, 0.3) is 17.4 Å². The molecule has 0 bridgehead atoms. The fraction of sp³-hybridized carbons (Fsp3) is 0.440. The number of carbonyl (C=O) groups excluding carboxylic acids is 2. The van der Waals surface area contributed by atoms with Gasteiger partial charge in [0.05, 0.1) is 16.8 Å². The van der Waals surface area contributed by atoms with E-state index in [1.807, 2.05) is 0 Å². The highest BCUT2D eigenvalue weighted by molar-refractivity contribution is 6.23. The van der Waals surface area contributed by atoms with E-state index in [9.17, 15) is 37.9 Å². The highest BCUT2D eigenvalue weighted by Gasteiger charge is 2.43. The summed E-state index contributed by atoms with van der Waals surface area (Å²) >= 11 is 0. The molecule has 0 saturated heterocycles. The van der Waals surface area contributed by atoms with Crippen LogP contribution in [0.3, 0.4) is 0 Å². The number of halogens is 3. The molecule has 1 fully saturated rings. The number of nitrogens with zero attached hydrogens (tertiary/aromatic N) is 5. The molecule has 4 rings (SSSR count). The van der Waals surface area contributed by atoms with Crippen LogP contribution in [0.25, 0.3) is 0 Å². The van der Waals surface area contributed by atoms with E-state index in [0.717, 1.165) is 19.3 Å². The fourth-order valence-electron chi connectivity index (χ4n) is 4.85. The smallest absolute Gasteiger partial charge is 0.420 e. The van der Waals surface area contributed by atoms with E-state index in [1.54, 1.807) is 13.8 Å². The third-order valence-corrected chi connectivity index (χ3v) is 6.48. The van der Waals surface area contributed by atoms with Crippen LogP contribution < -0.4 is 5.56 Å². The lowest BCUT2D eigenvalue weighted by Gasteiger charge is -2.29. The number of benzene rings is 1. The first-order valence-electron chi connectivity index (χ1n) is 11.9. The molecule has 1 saturated carbocycles. The molecule has 2 aliphatic rings. The lowest BCUT2D eigenvalue weighted by molar-refractivity contribution is -0.137. The maximum absolute atomic E-state index is 13.9. The molecule has 2 amide bonds. The normalized spacial score (nSPS) is 16.6. The monoisotopic (exact) mass is 515 g/mol. The van der Waals surface area contributed by atoms with Gasteiger partial charge in [-0.25, -0.2) is 0 Å². The van der Waals surface area contributed by atoms with Crippen LogP contribution in [-0.2, 0) is 12.7 Å². The van der Waals surface area contributed by atoms with Crippen molar-refractivity contribution in [2.75, 3.05) is 0 Å². The summed E-state index contributed by atoms with van der Waals surface area (Å²) in [6.45, 7) is 3.17. The van der Waals surface area contributed by atoms with E-state index in [1.165, 1.54) is 29.2 Å². The minimum Gasteiger partial charge on any atom is -0.493 e. The predicted molar refractivity (Wildman–Crippen MR) is 125 cm³/mol. The summed E-state index contributed by atoms with van der Waals surface area (Å²) in [6, 6.07) is 5.18. The fourth-order valence-corrected chi connectivity index (χ4v) is 4.85. The number of amides is 2. The zero-order valence-electron chi connectivity index (χ0n) is 20.2. The number of imide groups is 1. The van der Waals surface area contributed by atoms with Crippen LogP contribution in [0.2, 0.25) is 0 Å². The molecule has 1 N–H and O–H groups in total. The summed E-state index contributed by atoms with van der Waals surface area (Å²) in [4.78, 5) is 40.0. The van der Waals surface area contributed by atoms with Crippen LogP contribution in [-0.4, -0.2) is 32.4 Å². The summed E-state index contributed by atoms with van der Waals surface area (Å²) in [7, 11) is 0. The summed E-state index contributed by atoms with van der Waals surface area (Å²) < 4.78 is 42.5. The number of alkyl halides is 3. The lowest BCUT2D eigenvalue weighted by Crippen LogP contribution is -2.40. The van der Waals surface area contributed by atoms with Crippen molar-refractivity contribution in [3.63, 3.8) is 0 Å². The third kappa shape index (κ3) is 4.61. The second kappa shape index (κ2) is 9.80. The molecule has 37 heavy (non-hydrogen) atoms. The standard InChI is InChI=1S/C25H24F3N5O4/c1-13(2)12-32-21(34)16(11-29)19(25(26,27)28)20(24(32)37)31-30-17-10-6-9-15-18(17)23(36)33(22(15)35)14-7-4-3-5-8-14/h6,9-10,13-14,37H,3-5,7-8,12H2,1-2H3. The van der Waals surface area contributed by atoms with Gasteiger partial charge >= 0.3 is 6.18 Å². The lowest BCUT2D eigenvalue weighted by atomic mass is 9.94. The molecule has 1 aromatic heterocycles. The Kier molecular flexibility index (Phi) is 6.90. The van der Waals surface area contributed by atoms with Crippen molar-refractivity contribution < 1.29 is 27.9 Å². The van der Waals surface area contributed by atoms with Crippen LogP contribution in [0.5, 0.6) is 5.88 Å². The zero-order valence-corrected chi connectivity index (χ0v) is 20.2. The number of carbonyl (C=O) groups is 2. The van der Waals surface area contributed by atoms with Crippen LogP contribution in [0.4, 0.5) is 24.5 Å². The molecular weight excluding hydrogens is 491 g/mol. The number of aromatic nitrogens is 1. The van der Waals surface area contributed by atoms with Gasteiger partial charge in [-0.3, -0.25) is 23.9 Å². The Hall–Kier alpha value is -4.01. The molecule has 2 aromatic rings. The molecule has 1 aliphatic heterocycles. The maximum atomic E-state index is 13.9. The summed E-state index contributed by atoms with van der Waals surface area (Å²) in [6.07, 6.45) is -1.13. The van der Waals surface area contributed by atoms with Gasteiger partial charge in [0, 0.05) is 12.6 Å². The van der Waals surface area contributed by atoms with Gasteiger partial charge in [-0.1, -0.05) is 39.2 Å².